The van der Waals surface area contributed by atoms with Crippen LogP contribution in [-0.2, 0) is 14.6 Å². The Kier molecular flexibility index (Phi) is 4.03. The summed E-state index contributed by atoms with van der Waals surface area (Å²) in [5, 5.41) is -6.09. The quantitative estimate of drug-likeness (QED) is 0.733. The predicted octanol–water partition coefficient (Wildman–Crippen LogP) is 2.48. The molecule has 0 aromatic rings. The van der Waals surface area contributed by atoms with E-state index in [1.165, 1.54) is 0 Å². The van der Waals surface area contributed by atoms with Crippen molar-refractivity contribution in [1.29, 1.82) is 0 Å². The van der Waals surface area contributed by atoms with Gasteiger partial charge in [0.05, 0.1) is 0 Å². The Labute approximate surface area is 95.6 Å². The van der Waals surface area contributed by atoms with Crippen LogP contribution in [0.2, 0.25) is 0 Å². The Morgan fingerprint density at radius 1 is 0.833 bits per heavy atom. The lowest BCUT2D eigenvalue weighted by Crippen LogP contribution is -2.55. The average Bonchev–Trinajstić information content (AvgIpc) is 1.96. The number of rotatable bonds is 5. The third-order valence-corrected chi connectivity index (χ3v) is 2.74. The largest absolute Gasteiger partial charge is 0.439 e. The average molecular weight is 310 g/mol. The predicted molar refractivity (Wildman–Crippen MR) is 41.4 cm³/mol. The zero-order valence-corrected chi connectivity index (χ0v) is 9.47. The molecule has 0 aliphatic rings. The molecular formula is C6H6F8O3S. The maximum Gasteiger partial charge on any atom is 0.439 e. The molecule has 0 bridgehead atoms. The lowest BCUT2D eigenvalue weighted by atomic mass is 10.3. The van der Waals surface area contributed by atoms with Crippen molar-refractivity contribution in [3.63, 3.8) is 0 Å². The summed E-state index contributed by atoms with van der Waals surface area (Å²) in [4.78, 5) is 0. The molecule has 0 amide bonds. The number of hydrogen-bond donors (Lipinski definition) is 0. The summed E-state index contributed by atoms with van der Waals surface area (Å²) >= 11 is 0. The number of halogens is 8. The van der Waals surface area contributed by atoms with Crippen molar-refractivity contribution in [1.82, 2.24) is 0 Å². The minimum absolute atomic E-state index is 0.396. The lowest BCUT2D eigenvalue weighted by molar-refractivity contribution is -0.452. The van der Waals surface area contributed by atoms with Crippen LogP contribution in [-0.4, -0.2) is 38.1 Å². The van der Waals surface area contributed by atoms with Gasteiger partial charge in [0, 0.05) is 13.2 Å². The molecule has 0 aliphatic heterocycles. The van der Waals surface area contributed by atoms with E-state index in [2.05, 4.69) is 0 Å². The maximum absolute atomic E-state index is 12.6. The fraction of sp³-hybridized carbons (Fsp3) is 1.00. The van der Waals surface area contributed by atoms with E-state index in [1.807, 2.05) is 4.74 Å². The molecule has 0 fully saturated rings. The van der Waals surface area contributed by atoms with Crippen molar-refractivity contribution >= 4 is 9.84 Å². The molecule has 0 unspecified atom stereocenters. The van der Waals surface area contributed by atoms with E-state index >= 15 is 0 Å². The molecule has 110 valence electrons. The van der Waals surface area contributed by atoms with Crippen LogP contribution in [0, 0.1) is 0 Å². The highest BCUT2D eigenvalue weighted by Gasteiger charge is 2.71. The third-order valence-electron chi connectivity index (χ3n) is 1.57. The second-order valence-corrected chi connectivity index (χ2v) is 5.37. The number of alkyl halides is 8. The van der Waals surface area contributed by atoms with Gasteiger partial charge in [0.1, 0.15) is 0 Å². The molecule has 0 aromatic carbocycles. The molecule has 0 aliphatic carbocycles. The van der Waals surface area contributed by atoms with Gasteiger partial charge in [-0.15, -0.1) is 0 Å². The van der Waals surface area contributed by atoms with Crippen molar-refractivity contribution < 1.29 is 48.3 Å². The molecule has 0 N–H and O–H groups in total. The lowest BCUT2D eigenvalue weighted by Gasteiger charge is -2.30. The molecule has 0 spiro atoms. The zero-order valence-electron chi connectivity index (χ0n) is 8.66. The molecule has 0 rings (SSSR count). The van der Waals surface area contributed by atoms with E-state index in [1.54, 1.807) is 0 Å². The molecule has 0 saturated heterocycles. The highest BCUT2D eigenvalue weighted by Crippen LogP contribution is 2.46. The summed E-state index contributed by atoms with van der Waals surface area (Å²) in [6.45, 7) is -0.568. The van der Waals surface area contributed by atoms with E-state index in [9.17, 15) is 43.5 Å². The van der Waals surface area contributed by atoms with Crippen molar-refractivity contribution in [2.45, 2.75) is 30.3 Å². The van der Waals surface area contributed by atoms with Gasteiger partial charge in [0.15, 0.2) is 0 Å². The molecule has 0 aromatic heterocycles. The van der Waals surface area contributed by atoms with Gasteiger partial charge in [-0.1, -0.05) is 0 Å². The smallest absolute Gasteiger partial charge is 0.245 e. The van der Waals surface area contributed by atoms with E-state index in [4.69, 9.17) is 0 Å². The molecule has 0 radical (unpaired) electrons. The fourth-order valence-electron chi connectivity index (χ4n) is 0.526. The van der Waals surface area contributed by atoms with Crippen molar-refractivity contribution in [3.05, 3.63) is 0 Å². The highest BCUT2D eigenvalue weighted by molar-refractivity contribution is 7.91. The molecule has 0 heterocycles. The van der Waals surface area contributed by atoms with Crippen molar-refractivity contribution in [2.24, 2.45) is 0 Å². The van der Waals surface area contributed by atoms with Gasteiger partial charge in [-0.2, -0.15) is 35.1 Å². The van der Waals surface area contributed by atoms with Gasteiger partial charge < -0.3 is 0 Å². The van der Waals surface area contributed by atoms with E-state index in [0.29, 0.717) is 0 Å². The molecule has 3 nitrogen and oxygen atoms in total. The van der Waals surface area contributed by atoms with Crippen LogP contribution in [0.25, 0.3) is 0 Å². The second-order valence-electron chi connectivity index (χ2n) is 3.31. The number of hydrogen-bond acceptors (Lipinski definition) is 3. The van der Waals surface area contributed by atoms with Gasteiger partial charge in [0.25, 0.3) is 0 Å². The Balaban J connectivity index is 5.47. The first-order valence-electron chi connectivity index (χ1n) is 3.87. The summed E-state index contributed by atoms with van der Waals surface area (Å²) in [5.41, 5.74) is 0. The van der Waals surface area contributed by atoms with Gasteiger partial charge in [0.2, 0.25) is 9.84 Å². The first kappa shape index (κ1) is 17.4. The van der Waals surface area contributed by atoms with Crippen molar-refractivity contribution in [3.8, 4) is 0 Å². The Morgan fingerprint density at radius 3 is 1.39 bits per heavy atom. The van der Waals surface area contributed by atoms with E-state index in [0.717, 1.165) is 0 Å². The summed E-state index contributed by atoms with van der Waals surface area (Å²) in [6.07, 6.45) is -12.7. The normalized spacial score (nSPS) is 15.9. The number of sulfone groups is 1. The standard InChI is InChI=1S/C6H6F8O3S/c1-3(7,8)4(9,10)17-5(11,12)6(13,14)18(2,15)16/h1-2H3. The van der Waals surface area contributed by atoms with Gasteiger partial charge in [-0.3, -0.25) is 0 Å². The molecule has 12 heteroatoms. The minimum Gasteiger partial charge on any atom is -0.245 e. The number of ether oxygens (including phenoxy) is 1. The Morgan fingerprint density at radius 2 is 1.17 bits per heavy atom. The van der Waals surface area contributed by atoms with Crippen LogP contribution in [0.15, 0.2) is 0 Å². The molecule has 0 atom stereocenters. The van der Waals surface area contributed by atoms with Gasteiger partial charge in [-0.05, 0) is 0 Å². The third kappa shape index (κ3) is 3.02. The van der Waals surface area contributed by atoms with Gasteiger partial charge >= 0.3 is 23.4 Å². The monoisotopic (exact) mass is 310 g/mol. The molecule has 18 heavy (non-hydrogen) atoms. The van der Waals surface area contributed by atoms with Crippen LogP contribution in [0.5, 0.6) is 0 Å². The van der Waals surface area contributed by atoms with Crippen LogP contribution in [0.3, 0.4) is 0 Å². The Bertz CT molecular complexity index is 409. The minimum atomic E-state index is -6.33. The topological polar surface area (TPSA) is 43.4 Å². The summed E-state index contributed by atoms with van der Waals surface area (Å²) in [7, 11) is -5.86. The summed E-state index contributed by atoms with van der Waals surface area (Å²) in [5.74, 6) is -5.22. The second kappa shape index (κ2) is 4.18. The molecule has 0 saturated carbocycles. The SMILES string of the molecule is CC(F)(F)C(F)(F)OC(F)(F)C(F)(F)S(C)(=O)=O. The molecular weight excluding hydrogens is 304 g/mol. The fourth-order valence-corrected chi connectivity index (χ4v) is 0.999. The highest BCUT2D eigenvalue weighted by atomic mass is 32.2. The van der Waals surface area contributed by atoms with Crippen molar-refractivity contribution in [2.75, 3.05) is 6.26 Å². The summed E-state index contributed by atoms with van der Waals surface area (Å²) < 4.78 is 122. The van der Waals surface area contributed by atoms with E-state index < -0.39 is 46.4 Å². The summed E-state index contributed by atoms with van der Waals surface area (Å²) in [6, 6.07) is 0. The first-order chi connectivity index (χ1) is 7.46. The van der Waals surface area contributed by atoms with E-state index in [-0.39, 0.29) is 0 Å². The maximum atomic E-state index is 12.6. The Hall–Kier alpha value is -0.650. The zero-order chi connectivity index (χ0) is 15.2. The van der Waals surface area contributed by atoms with Crippen LogP contribution in [0.4, 0.5) is 35.1 Å². The first-order valence-corrected chi connectivity index (χ1v) is 5.76. The van der Waals surface area contributed by atoms with Crippen LogP contribution < -0.4 is 0 Å². The van der Waals surface area contributed by atoms with Gasteiger partial charge in [-0.25, -0.2) is 13.2 Å². The van der Waals surface area contributed by atoms with Crippen LogP contribution in [0.1, 0.15) is 6.92 Å². The van der Waals surface area contributed by atoms with Crippen LogP contribution >= 0.6 is 0 Å².